The number of hydrogen-bond donors (Lipinski definition) is 1. The lowest BCUT2D eigenvalue weighted by Gasteiger charge is -2.24. The summed E-state index contributed by atoms with van der Waals surface area (Å²) in [5.74, 6) is -0.820. The lowest BCUT2D eigenvalue weighted by Crippen LogP contribution is -2.41. The molecule has 1 atom stereocenters. The third-order valence-corrected chi connectivity index (χ3v) is 3.08. The Kier molecular flexibility index (Phi) is 2.38. The zero-order chi connectivity index (χ0) is 11.0. The second kappa shape index (κ2) is 3.56. The molecule has 5 nitrogen and oxygen atoms in total. The molecule has 1 N–H and O–H groups in total. The molecular formula is C10H13NO4. The lowest BCUT2D eigenvalue weighted by molar-refractivity contribution is -0.142. The van der Waals surface area contributed by atoms with Crippen molar-refractivity contribution >= 4 is 12.1 Å². The van der Waals surface area contributed by atoms with Gasteiger partial charge >= 0.3 is 12.1 Å². The second-order valence-corrected chi connectivity index (χ2v) is 3.94. The van der Waals surface area contributed by atoms with Gasteiger partial charge in [-0.1, -0.05) is 12.7 Å². The number of aliphatic carboxylic acids is 1. The first-order chi connectivity index (χ1) is 7.15. The van der Waals surface area contributed by atoms with E-state index in [0.29, 0.717) is 0 Å². The van der Waals surface area contributed by atoms with Crippen LogP contribution in [0.25, 0.3) is 0 Å². The van der Waals surface area contributed by atoms with Gasteiger partial charge in [-0.15, -0.1) is 0 Å². The van der Waals surface area contributed by atoms with Crippen LogP contribution >= 0.6 is 0 Å². The summed E-state index contributed by atoms with van der Waals surface area (Å²) >= 11 is 0. The Bertz CT molecular complexity index is 309. The van der Waals surface area contributed by atoms with Crippen LogP contribution in [0.15, 0.2) is 12.7 Å². The molecule has 2 heterocycles. The number of fused-ring (bicyclic) bond motifs is 1. The first kappa shape index (κ1) is 10.0. The van der Waals surface area contributed by atoms with Gasteiger partial charge in [0.25, 0.3) is 0 Å². The van der Waals surface area contributed by atoms with Gasteiger partial charge in [-0.2, -0.15) is 0 Å². The predicted molar refractivity (Wildman–Crippen MR) is 51.3 cm³/mol. The number of amides is 1. The molecule has 1 saturated carbocycles. The van der Waals surface area contributed by atoms with Crippen LogP contribution in [-0.4, -0.2) is 40.8 Å². The van der Waals surface area contributed by atoms with E-state index >= 15 is 0 Å². The monoisotopic (exact) mass is 211 g/mol. The summed E-state index contributed by atoms with van der Waals surface area (Å²) in [6, 6.07) is -0.624. The third-order valence-electron chi connectivity index (χ3n) is 3.08. The van der Waals surface area contributed by atoms with E-state index in [1.807, 2.05) is 0 Å². The number of ether oxygens (including phenoxy) is 1. The summed E-state index contributed by atoms with van der Waals surface area (Å²) in [6.45, 7) is 3.55. The fourth-order valence-electron chi connectivity index (χ4n) is 2.36. The van der Waals surface area contributed by atoms with Gasteiger partial charge in [0.1, 0.15) is 12.6 Å². The SMILES string of the molecule is C=CCOC(=O)N1C2CC(C2)C1C(=O)O. The third kappa shape index (κ3) is 1.48. The minimum absolute atomic E-state index is 0.0633. The van der Waals surface area contributed by atoms with Crippen molar-refractivity contribution in [1.82, 2.24) is 4.90 Å². The average Bonchev–Trinajstić information content (AvgIpc) is 2.66. The summed E-state index contributed by atoms with van der Waals surface area (Å²) in [4.78, 5) is 23.9. The minimum atomic E-state index is -0.935. The van der Waals surface area contributed by atoms with E-state index in [-0.39, 0.29) is 18.6 Å². The molecule has 1 amide bonds. The molecule has 3 rings (SSSR count). The van der Waals surface area contributed by atoms with Crippen molar-refractivity contribution in [3.8, 4) is 0 Å². The van der Waals surface area contributed by atoms with Crippen molar-refractivity contribution in [1.29, 1.82) is 0 Å². The fraction of sp³-hybridized carbons (Fsp3) is 0.600. The molecule has 1 unspecified atom stereocenters. The van der Waals surface area contributed by atoms with Gasteiger partial charge in [0.05, 0.1) is 0 Å². The maximum absolute atomic E-state index is 11.5. The number of carbonyl (C=O) groups excluding carboxylic acids is 1. The number of carbonyl (C=O) groups is 2. The van der Waals surface area contributed by atoms with Crippen LogP contribution in [-0.2, 0) is 9.53 Å². The molecule has 0 aromatic heterocycles. The van der Waals surface area contributed by atoms with E-state index in [0.717, 1.165) is 12.8 Å². The number of carboxylic acid groups (broad SMARTS) is 1. The number of hydrogen-bond acceptors (Lipinski definition) is 3. The highest BCUT2D eigenvalue weighted by Gasteiger charge is 2.56. The van der Waals surface area contributed by atoms with Crippen LogP contribution in [0, 0.1) is 5.92 Å². The first-order valence-electron chi connectivity index (χ1n) is 4.94. The predicted octanol–water partition coefficient (Wildman–Crippen LogP) is 0.856. The molecule has 0 radical (unpaired) electrons. The summed E-state index contributed by atoms with van der Waals surface area (Å²) in [5, 5.41) is 8.99. The topological polar surface area (TPSA) is 66.8 Å². The molecule has 0 spiro atoms. The Morgan fingerprint density at radius 3 is 2.73 bits per heavy atom. The smallest absolute Gasteiger partial charge is 0.411 e. The van der Waals surface area contributed by atoms with Crippen molar-refractivity contribution < 1.29 is 19.4 Å². The molecule has 0 aromatic carbocycles. The van der Waals surface area contributed by atoms with Crippen LogP contribution in [0.3, 0.4) is 0 Å². The van der Waals surface area contributed by atoms with E-state index < -0.39 is 18.1 Å². The van der Waals surface area contributed by atoms with Crippen molar-refractivity contribution in [2.24, 2.45) is 5.92 Å². The molecule has 2 aliphatic heterocycles. The Hall–Kier alpha value is -1.52. The molecular weight excluding hydrogens is 198 g/mol. The maximum atomic E-state index is 11.5. The van der Waals surface area contributed by atoms with Crippen LogP contribution in [0.2, 0.25) is 0 Å². The molecule has 2 saturated heterocycles. The van der Waals surface area contributed by atoms with E-state index in [4.69, 9.17) is 9.84 Å². The van der Waals surface area contributed by atoms with Crippen LogP contribution in [0.4, 0.5) is 4.79 Å². The zero-order valence-corrected chi connectivity index (χ0v) is 8.26. The van der Waals surface area contributed by atoms with Crippen LogP contribution < -0.4 is 0 Å². The largest absolute Gasteiger partial charge is 0.480 e. The van der Waals surface area contributed by atoms with Crippen LogP contribution in [0.5, 0.6) is 0 Å². The Labute approximate surface area is 87.3 Å². The van der Waals surface area contributed by atoms with Gasteiger partial charge in [0.2, 0.25) is 0 Å². The van der Waals surface area contributed by atoms with Crippen molar-refractivity contribution in [3.05, 3.63) is 12.7 Å². The van der Waals surface area contributed by atoms with Crippen molar-refractivity contribution in [3.63, 3.8) is 0 Å². The maximum Gasteiger partial charge on any atom is 0.411 e. The number of rotatable bonds is 3. The van der Waals surface area contributed by atoms with Gasteiger partial charge in [-0.25, -0.2) is 9.59 Å². The lowest BCUT2D eigenvalue weighted by atomic mass is 9.83. The van der Waals surface area contributed by atoms with Gasteiger partial charge in [-0.05, 0) is 18.8 Å². The summed E-state index contributed by atoms with van der Waals surface area (Å²) in [7, 11) is 0. The fourth-order valence-corrected chi connectivity index (χ4v) is 2.36. The number of nitrogens with zero attached hydrogens (tertiary/aromatic N) is 1. The Balaban J connectivity index is 2.04. The van der Waals surface area contributed by atoms with E-state index in [1.54, 1.807) is 0 Å². The summed E-state index contributed by atoms with van der Waals surface area (Å²) in [6.07, 6.45) is 2.52. The first-order valence-corrected chi connectivity index (χ1v) is 4.94. The minimum Gasteiger partial charge on any atom is -0.480 e. The standard InChI is InChI=1S/C10H13NO4/c1-2-3-15-10(14)11-7-4-6(5-7)8(11)9(12)13/h2,6-8H,1,3-5H2,(H,12,13). The highest BCUT2D eigenvalue weighted by molar-refractivity contribution is 5.82. The molecule has 15 heavy (non-hydrogen) atoms. The molecule has 3 fully saturated rings. The van der Waals surface area contributed by atoms with E-state index in [1.165, 1.54) is 11.0 Å². The highest BCUT2D eigenvalue weighted by atomic mass is 16.6. The molecule has 0 aromatic rings. The van der Waals surface area contributed by atoms with Crippen molar-refractivity contribution in [2.75, 3.05) is 6.61 Å². The normalized spacial score (nSPS) is 32.0. The number of carboxylic acids is 1. The van der Waals surface area contributed by atoms with Crippen molar-refractivity contribution in [2.45, 2.75) is 24.9 Å². The highest BCUT2D eigenvalue weighted by Crippen LogP contribution is 2.46. The van der Waals surface area contributed by atoms with Gasteiger partial charge in [0, 0.05) is 6.04 Å². The molecule has 5 heteroatoms. The quantitative estimate of drug-likeness (QED) is 0.703. The summed E-state index contributed by atoms with van der Waals surface area (Å²) in [5.41, 5.74) is 0. The van der Waals surface area contributed by atoms with E-state index in [2.05, 4.69) is 6.58 Å². The zero-order valence-electron chi connectivity index (χ0n) is 8.26. The van der Waals surface area contributed by atoms with Gasteiger partial charge < -0.3 is 9.84 Å². The average molecular weight is 211 g/mol. The van der Waals surface area contributed by atoms with E-state index in [9.17, 15) is 9.59 Å². The van der Waals surface area contributed by atoms with Gasteiger partial charge in [0.15, 0.2) is 0 Å². The molecule has 82 valence electrons. The second-order valence-electron chi connectivity index (χ2n) is 3.94. The molecule has 3 aliphatic rings. The Morgan fingerprint density at radius 2 is 2.20 bits per heavy atom. The Morgan fingerprint density at radius 1 is 1.53 bits per heavy atom. The molecule has 2 bridgehead atoms. The van der Waals surface area contributed by atoms with Gasteiger partial charge in [-0.3, -0.25) is 4.90 Å². The van der Waals surface area contributed by atoms with Crippen LogP contribution in [0.1, 0.15) is 12.8 Å². The molecule has 1 aliphatic carbocycles. The summed E-state index contributed by atoms with van der Waals surface area (Å²) < 4.78 is 4.86.